The van der Waals surface area contributed by atoms with Crippen LogP contribution in [0.15, 0.2) is 12.1 Å². The van der Waals surface area contributed by atoms with Crippen LogP contribution in [0.4, 0.5) is 5.69 Å². The minimum absolute atomic E-state index is 0.0351. The van der Waals surface area contributed by atoms with Gasteiger partial charge in [-0.3, -0.25) is 4.79 Å². The third-order valence-corrected chi connectivity index (χ3v) is 2.87. The molecule has 0 unspecified atom stereocenters. The van der Waals surface area contributed by atoms with Crippen LogP contribution in [0.2, 0.25) is 0 Å². The van der Waals surface area contributed by atoms with Crippen molar-refractivity contribution in [3.05, 3.63) is 23.3 Å². The molecule has 16 heavy (non-hydrogen) atoms. The fourth-order valence-electron chi connectivity index (χ4n) is 1.42. The summed E-state index contributed by atoms with van der Waals surface area (Å²) in [5, 5.41) is 0. The molecule has 4 heteroatoms. The van der Waals surface area contributed by atoms with Crippen molar-refractivity contribution in [1.29, 1.82) is 0 Å². The van der Waals surface area contributed by atoms with E-state index in [0.29, 0.717) is 5.75 Å². The van der Waals surface area contributed by atoms with Crippen LogP contribution in [0.5, 0.6) is 5.75 Å². The van der Waals surface area contributed by atoms with Gasteiger partial charge in [-0.25, -0.2) is 0 Å². The highest BCUT2D eigenvalue weighted by Gasteiger charge is 2.15. The zero-order valence-corrected chi connectivity index (χ0v) is 10.8. The predicted octanol–water partition coefficient (Wildman–Crippen LogP) is 2.51. The molecule has 0 fully saturated rings. The largest absolute Gasteiger partial charge is 0.495 e. The number of aryl methyl sites for hydroxylation is 2. The van der Waals surface area contributed by atoms with Gasteiger partial charge in [-0.2, -0.15) is 0 Å². The number of ether oxygens (including phenoxy) is 1. The summed E-state index contributed by atoms with van der Waals surface area (Å²) < 4.78 is 5.26. The summed E-state index contributed by atoms with van der Waals surface area (Å²) in [7, 11) is 3.28. The second-order valence-electron chi connectivity index (χ2n) is 3.69. The summed E-state index contributed by atoms with van der Waals surface area (Å²) in [5.74, 6) is 0.499. The van der Waals surface area contributed by atoms with Crippen LogP contribution in [0, 0.1) is 13.8 Å². The number of benzene rings is 1. The van der Waals surface area contributed by atoms with Crippen LogP contribution >= 0.6 is 11.6 Å². The van der Waals surface area contributed by atoms with Gasteiger partial charge in [0, 0.05) is 7.05 Å². The molecule has 0 saturated carbocycles. The summed E-state index contributed by atoms with van der Waals surface area (Å²) in [6.07, 6.45) is 0. The molecule has 0 bridgehead atoms. The second kappa shape index (κ2) is 5.21. The molecule has 3 nitrogen and oxygen atoms in total. The minimum atomic E-state index is -0.150. The van der Waals surface area contributed by atoms with Crippen molar-refractivity contribution in [2.45, 2.75) is 13.8 Å². The molecule has 0 radical (unpaired) electrons. The Hall–Kier alpha value is -1.22. The SMILES string of the molecule is COc1cc(C)c(C)cc1N(C)C(=O)CCl. The first kappa shape index (κ1) is 12.8. The highest BCUT2D eigenvalue weighted by Crippen LogP contribution is 2.30. The molecule has 0 heterocycles. The number of amides is 1. The zero-order chi connectivity index (χ0) is 12.3. The number of carbonyl (C=O) groups excluding carboxylic acids is 1. The lowest BCUT2D eigenvalue weighted by Gasteiger charge is -2.20. The van der Waals surface area contributed by atoms with Crippen molar-refractivity contribution in [3.63, 3.8) is 0 Å². The molecule has 0 N–H and O–H groups in total. The number of carbonyl (C=O) groups is 1. The molecule has 0 aliphatic rings. The summed E-state index contributed by atoms with van der Waals surface area (Å²) in [5.41, 5.74) is 2.99. The molecule has 1 aromatic rings. The van der Waals surface area contributed by atoms with Crippen LogP contribution in [0.1, 0.15) is 11.1 Å². The molecule has 1 rings (SSSR count). The number of alkyl halides is 1. The third-order valence-electron chi connectivity index (χ3n) is 2.64. The molecule has 0 atom stereocenters. The monoisotopic (exact) mass is 241 g/mol. The highest BCUT2D eigenvalue weighted by atomic mass is 35.5. The van der Waals surface area contributed by atoms with E-state index < -0.39 is 0 Å². The lowest BCUT2D eigenvalue weighted by Crippen LogP contribution is -2.27. The lowest BCUT2D eigenvalue weighted by molar-refractivity contribution is -0.116. The van der Waals surface area contributed by atoms with Crippen LogP contribution in [-0.4, -0.2) is 25.9 Å². The Morgan fingerprint density at radius 2 is 1.94 bits per heavy atom. The number of hydrogen-bond acceptors (Lipinski definition) is 2. The van der Waals surface area contributed by atoms with Gasteiger partial charge in [0.25, 0.3) is 0 Å². The van der Waals surface area contributed by atoms with Gasteiger partial charge in [0.05, 0.1) is 12.8 Å². The van der Waals surface area contributed by atoms with E-state index in [2.05, 4.69) is 0 Å². The van der Waals surface area contributed by atoms with Crippen LogP contribution in [0.3, 0.4) is 0 Å². The van der Waals surface area contributed by atoms with E-state index in [1.54, 1.807) is 14.2 Å². The minimum Gasteiger partial charge on any atom is -0.495 e. The fraction of sp³-hybridized carbons (Fsp3) is 0.417. The van der Waals surface area contributed by atoms with E-state index >= 15 is 0 Å². The average molecular weight is 242 g/mol. The Labute approximate surface area is 101 Å². The standard InChI is InChI=1S/C12H16ClNO2/c1-8-5-10(14(3)12(15)7-13)11(16-4)6-9(8)2/h5-6H,7H2,1-4H3. The Morgan fingerprint density at radius 1 is 1.38 bits per heavy atom. The normalized spacial score (nSPS) is 10.1. The quantitative estimate of drug-likeness (QED) is 0.761. The first-order valence-electron chi connectivity index (χ1n) is 4.99. The average Bonchev–Trinajstić information content (AvgIpc) is 2.30. The lowest BCUT2D eigenvalue weighted by atomic mass is 10.1. The van der Waals surface area contributed by atoms with Crippen LogP contribution < -0.4 is 9.64 Å². The summed E-state index contributed by atoms with van der Waals surface area (Å²) >= 11 is 5.53. The van der Waals surface area contributed by atoms with Gasteiger partial charge in [-0.1, -0.05) is 0 Å². The first-order valence-corrected chi connectivity index (χ1v) is 5.52. The molecular formula is C12H16ClNO2. The van der Waals surface area contributed by atoms with Crippen molar-refractivity contribution >= 4 is 23.2 Å². The van der Waals surface area contributed by atoms with Crippen LogP contribution in [0.25, 0.3) is 0 Å². The molecule has 1 aromatic carbocycles. The Kier molecular flexibility index (Phi) is 4.19. The smallest absolute Gasteiger partial charge is 0.241 e. The van der Waals surface area contributed by atoms with E-state index in [4.69, 9.17) is 16.3 Å². The number of methoxy groups -OCH3 is 1. The number of anilines is 1. The molecule has 0 saturated heterocycles. The molecule has 0 spiro atoms. The zero-order valence-electron chi connectivity index (χ0n) is 10.0. The first-order chi connectivity index (χ1) is 7.51. The van der Waals surface area contributed by atoms with Crippen molar-refractivity contribution in [2.24, 2.45) is 0 Å². The molecule has 1 amide bonds. The van der Waals surface area contributed by atoms with E-state index in [1.165, 1.54) is 4.90 Å². The maximum atomic E-state index is 11.5. The van der Waals surface area contributed by atoms with E-state index in [9.17, 15) is 4.79 Å². The third kappa shape index (κ3) is 2.47. The molecular weight excluding hydrogens is 226 g/mol. The molecule has 0 aliphatic heterocycles. The van der Waals surface area contributed by atoms with Crippen molar-refractivity contribution in [2.75, 3.05) is 24.9 Å². The Bertz CT molecular complexity index is 404. The van der Waals surface area contributed by atoms with Gasteiger partial charge in [0.1, 0.15) is 11.6 Å². The van der Waals surface area contributed by atoms with E-state index in [1.807, 2.05) is 26.0 Å². The number of rotatable bonds is 3. The van der Waals surface area contributed by atoms with Gasteiger partial charge in [-0.15, -0.1) is 11.6 Å². The van der Waals surface area contributed by atoms with E-state index in [-0.39, 0.29) is 11.8 Å². The van der Waals surface area contributed by atoms with Gasteiger partial charge < -0.3 is 9.64 Å². The van der Waals surface area contributed by atoms with Gasteiger partial charge in [0.15, 0.2) is 0 Å². The summed E-state index contributed by atoms with van der Waals surface area (Å²) in [6.45, 7) is 4.00. The van der Waals surface area contributed by atoms with Gasteiger partial charge >= 0.3 is 0 Å². The topological polar surface area (TPSA) is 29.5 Å². The fourth-order valence-corrected chi connectivity index (χ4v) is 1.60. The van der Waals surface area contributed by atoms with Crippen molar-refractivity contribution < 1.29 is 9.53 Å². The van der Waals surface area contributed by atoms with Crippen molar-refractivity contribution in [1.82, 2.24) is 0 Å². The number of hydrogen-bond donors (Lipinski definition) is 0. The molecule has 0 aliphatic carbocycles. The number of halogens is 1. The van der Waals surface area contributed by atoms with Crippen LogP contribution in [-0.2, 0) is 4.79 Å². The maximum absolute atomic E-state index is 11.5. The number of nitrogens with zero attached hydrogens (tertiary/aromatic N) is 1. The van der Waals surface area contributed by atoms with Crippen molar-refractivity contribution in [3.8, 4) is 5.75 Å². The Morgan fingerprint density at radius 3 is 2.44 bits per heavy atom. The molecule has 88 valence electrons. The maximum Gasteiger partial charge on any atom is 0.241 e. The Balaban J connectivity index is 3.21. The summed E-state index contributed by atoms with van der Waals surface area (Å²) in [6, 6.07) is 3.85. The predicted molar refractivity (Wildman–Crippen MR) is 66.6 cm³/mol. The molecule has 0 aromatic heterocycles. The summed E-state index contributed by atoms with van der Waals surface area (Å²) in [4.78, 5) is 13.0. The van der Waals surface area contributed by atoms with Gasteiger partial charge in [0.2, 0.25) is 5.91 Å². The van der Waals surface area contributed by atoms with E-state index in [0.717, 1.165) is 16.8 Å². The van der Waals surface area contributed by atoms with Gasteiger partial charge in [-0.05, 0) is 37.1 Å². The second-order valence-corrected chi connectivity index (χ2v) is 3.96. The highest BCUT2D eigenvalue weighted by molar-refractivity contribution is 6.29.